The minimum absolute atomic E-state index is 0.0223. The highest BCUT2D eigenvalue weighted by molar-refractivity contribution is 7.91. The lowest BCUT2D eigenvalue weighted by Crippen LogP contribution is -2.36. The van der Waals surface area contributed by atoms with E-state index in [-0.39, 0.29) is 24.5 Å². The van der Waals surface area contributed by atoms with E-state index in [2.05, 4.69) is 0 Å². The van der Waals surface area contributed by atoms with Crippen molar-refractivity contribution in [1.82, 2.24) is 0 Å². The van der Waals surface area contributed by atoms with E-state index in [0.717, 1.165) is 0 Å². The van der Waals surface area contributed by atoms with Gasteiger partial charge in [0.25, 0.3) is 0 Å². The van der Waals surface area contributed by atoms with Crippen LogP contribution in [-0.2, 0) is 14.6 Å². The monoisotopic (exact) mass is 237 g/mol. The first kappa shape index (κ1) is 14.4. The second kappa shape index (κ2) is 5.46. The molecule has 0 amide bonds. The van der Waals surface area contributed by atoms with Crippen molar-refractivity contribution in [2.24, 2.45) is 11.1 Å². The summed E-state index contributed by atoms with van der Waals surface area (Å²) in [5, 5.41) is 8.89. The second-order valence-electron chi connectivity index (χ2n) is 3.91. The third-order valence-corrected chi connectivity index (χ3v) is 4.38. The average Bonchev–Trinajstić information content (AvgIpc) is 2.17. The van der Waals surface area contributed by atoms with Crippen molar-refractivity contribution in [3.63, 3.8) is 0 Å². The van der Waals surface area contributed by atoms with Crippen molar-refractivity contribution in [3.05, 3.63) is 0 Å². The lowest BCUT2D eigenvalue weighted by Gasteiger charge is -2.22. The van der Waals surface area contributed by atoms with Gasteiger partial charge in [-0.25, -0.2) is 8.42 Å². The molecule has 5 nitrogen and oxygen atoms in total. The van der Waals surface area contributed by atoms with E-state index in [1.807, 2.05) is 0 Å². The smallest absolute Gasteiger partial charge is 0.310 e. The van der Waals surface area contributed by atoms with Crippen molar-refractivity contribution in [2.45, 2.75) is 26.7 Å². The summed E-state index contributed by atoms with van der Waals surface area (Å²) in [6.07, 6.45) is 0.633. The molecule has 3 N–H and O–H groups in total. The lowest BCUT2D eigenvalue weighted by molar-refractivity contribution is -0.147. The van der Waals surface area contributed by atoms with Crippen molar-refractivity contribution in [3.8, 4) is 0 Å². The highest BCUT2D eigenvalue weighted by Crippen LogP contribution is 2.22. The van der Waals surface area contributed by atoms with Crippen LogP contribution >= 0.6 is 0 Å². The fourth-order valence-corrected chi connectivity index (χ4v) is 2.00. The van der Waals surface area contributed by atoms with E-state index in [1.165, 1.54) is 6.92 Å². The van der Waals surface area contributed by atoms with E-state index >= 15 is 0 Å². The van der Waals surface area contributed by atoms with Crippen LogP contribution in [0.1, 0.15) is 26.7 Å². The predicted molar refractivity (Wildman–Crippen MR) is 58.4 cm³/mol. The Bertz CT molecular complexity index is 312. The third-order valence-electron chi connectivity index (χ3n) is 2.59. The number of rotatable bonds is 7. The van der Waals surface area contributed by atoms with Crippen LogP contribution in [0.3, 0.4) is 0 Å². The van der Waals surface area contributed by atoms with E-state index in [4.69, 9.17) is 10.8 Å². The van der Waals surface area contributed by atoms with Crippen LogP contribution in [0.15, 0.2) is 0 Å². The molecule has 0 bridgehead atoms. The minimum Gasteiger partial charge on any atom is -0.481 e. The quantitative estimate of drug-likeness (QED) is 0.661. The number of aliphatic carboxylic acids is 1. The van der Waals surface area contributed by atoms with Crippen LogP contribution in [0, 0.1) is 5.41 Å². The summed E-state index contributed by atoms with van der Waals surface area (Å²) in [4.78, 5) is 10.8. The fraction of sp³-hybridized carbons (Fsp3) is 0.889. The molecule has 0 aliphatic carbocycles. The maximum absolute atomic E-state index is 11.2. The van der Waals surface area contributed by atoms with Gasteiger partial charge in [0, 0.05) is 12.3 Å². The summed E-state index contributed by atoms with van der Waals surface area (Å²) < 4.78 is 22.3. The van der Waals surface area contributed by atoms with Gasteiger partial charge in [0.2, 0.25) is 0 Å². The molecule has 0 rings (SSSR count). The summed E-state index contributed by atoms with van der Waals surface area (Å²) >= 11 is 0. The lowest BCUT2D eigenvalue weighted by atomic mass is 9.86. The summed E-state index contributed by atoms with van der Waals surface area (Å²) in [6.45, 7) is 3.14. The molecule has 1 atom stereocenters. The van der Waals surface area contributed by atoms with Gasteiger partial charge in [-0.05, 0) is 19.8 Å². The van der Waals surface area contributed by atoms with Crippen LogP contribution in [0.2, 0.25) is 0 Å². The Balaban J connectivity index is 4.21. The molecule has 0 spiro atoms. The minimum atomic E-state index is -3.01. The molecule has 0 aliphatic rings. The Labute approximate surface area is 90.6 Å². The molecule has 0 fully saturated rings. The highest BCUT2D eigenvalue weighted by atomic mass is 32.2. The molecule has 15 heavy (non-hydrogen) atoms. The molecule has 0 aromatic rings. The largest absolute Gasteiger partial charge is 0.481 e. The molecule has 90 valence electrons. The van der Waals surface area contributed by atoms with Crippen LogP contribution < -0.4 is 5.73 Å². The molecule has 0 saturated carbocycles. The Morgan fingerprint density at radius 2 is 2.00 bits per heavy atom. The number of nitrogens with two attached hydrogens (primary N) is 1. The van der Waals surface area contributed by atoms with Crippen molar-refractivity contribution in [2.75, 3.05) is 18.1 Å². The van der Waals surface area contributed by atoms with Gasteiger partial charge in [-0.3, -0.25) is 4.79 Å². The molecule has 0 heterocycles. The number of carbonyl (C=O) groups is 1. The Morgan fingerprint density at radius 3 is 2.33 bits per heavy atom. The summed E-state index contributed by atoms with van der Waals surface area (Å²) in [7, 11) is -3.01. The van der Waals surface area contributed by atoms with Gasteiger partial charge in [0.15, 0.2) is 0 Å². The van der Waals surface area contributed by atoms with Crippen LogP contribution in [0.5, 0.6) is 0 Å². The molecular formula is C9H19NO4S. The fourth-order valence-electron chi connectivity index (χ4n) is 1.12. The third kappa shape index (κ3) is 4.61. The first-order valence-electron chi connectivity index (χ1n) is 4.91. The average molecular weight is 237 g/mol. The first-order chi connectivity index (χ1) is 6.77. The molecule has 0 aliphatic heterocycles. The van der Waals surface area contributed by atoms with Crippen LogP contribution in [0.4, 0.5) is 0 Å². The summed E-state index contributed by atoms with van der Waals surface area (Å²) in [6, 6.07) is 0. The zero-order chi connectivity index (χ0) is 12.1. The SMILES string of the molecule is CCS(=O)(=O)CCCC(C)(CN)C(=O)O. The topological polar surface area (TPSA) is 97.5 Å². The van der Waals surface area contributed by atoms with Gasteiger partial charge >= 0.3 is 5.97 Å². The Kier molecular flexibility index (Phi) is 5.23. The number of hydrogen-bond donors (Lipinski definition) is 2. The number of hydrogen-bond acceptors (Lipinski definition) is 4. The van der Waals surface area contributed by atoms with Crippen molar-refractivity contribution in [1.29, 1.82) is 0 Å². The normalized spacial score (nSPS) is 15.9. The van der Waals surface area contributed by atoms with Crippen molar-refractivity contribution >= 4 is 15.8 Å². The zero-order valence-corrected chi connectivity index (χ0v) is 10.0. The van der Waals surface area contributed by atoms with Gasteiger partial charge in [-0.15, -0.1) is 0 Å². The second-order valence-corrected chi connectivity index (χ2v) is 6.38. The van der Waals surface area contributed by atoms with E-state index < -0.39 is 21.2 Å². The van der Waals surface area contributed by atoms with Gasteiger partial charge in [0.05, 0.1) is 11.2 Å². The molecule has 0 aromatic carbocycles. The first-order valence-corrected chi connectivity index (χ1v) is 6.73. The van der Waals surface area contributed by atoms with Crippen LogP contribution in [0.25, 0.3) is 0 Å². The number of carboxylic acid groups (broad SMARTS) is 1. The van der Waals surface area contributed by atoms with Crippen LogP contribution in [-0.4, -0.2) is 37.5 Å². The van der Waals surface area contributed by atoms with Crippen molar-refractivity contribution < 1.29 is 18.3 Å². The summed E-state index contributed by atoms with van der Waals surface area (Å²) in [5.41, 5.74) is 4.35. The summed E-state index contributed by atoms with van der Waals surface area (Å²) in [5.74, 6) is -0.843. The van der Waals surface area contributed by atoms with E-state index in [0.29, 0.717) is 6.42 Å². The molecule has 1 unspecified atom stereocenters. The van der Waals surface area contributed by atoms with E-state index in [1.54, 1.807) is 6.92 Å². The standard InChI is InChI=1S/C9H19NO4S/c1-3-15(13,14)6-4-5-9(2,7-10)8(11)12/h3-7,10H2,1-2H3,(H,11,12). The molecule has 0 radical (unpaired) electrons. The maximum atomic E-state index is 11.2. The molecule has 6 heteroatoms. The predicted octanol–water partition coefficient (Wildman–Crippen LogP) is 0.251. The molecule has 0 aromatic heterocycles. The highest BCUT2D eigenvalue weighted by Gasteiger charge is 2.31. The Morgan fingerprint density at radius 1 is 1.47 bits per heavy atom. The van der Waals surface area contributed by atoms with Gasteiger partial charge in [0.1, 0.15) is 9.84 Å². The molecular weight excluding hydrogens is 218 g/mol. The maximum Gasteiger partial charge on any atom is 0.310 e. The number of sulfone groups is 1. The molecule has 0 saturated heterocycles. The van der Waals surface area contributed by atoms with E-state index in [9.17, 15) is 13.2 Å². The zero-order valence-electron chi connectivity index (χ0n) is 9.19. The van der Waals surface area contributed by atoms with Gasteiger partial charge in [-0.2, -0.15) is 0 Å². The Hall–Kier alpha value is -0.620. The number of carboxylic acids is 1. The van der Waals surface area contributed by atoms with Gasteiger partial charge < -0.3 is 10.8 Å². The van der Waals surface area contributed by atoms with Gasteiger partial charge in [-0.1, -0.05) is 6.92 Å².